The summed E-state index contributed by atoms with van der Waals surface area (Å²) in [6.45, 7) is 3.59. The van der Waals surface area contributed by atoms with Crippen molar-refractivity contribution < 1.29 is 14.6 Å². The van der Waals surface area contributed by atoms with Gasteiger partial charge >= 0.3 is 5.97 Å². The van der Waals surface area contributed by atoms with Crippen molar-refractivity contribution in [3.63, 3.8) is 0 Å². The van der Waals surface area contributed by atoms with E-state index in [1.54, 1.807) is 6.07 Å². The van der Waals surface area contributed by atoms with Gasteiger partial charge in [-0.15, -0.1) is 0 Å². The fraction of sp³-hybridized carbons (Fsp3) is 0.600. The molecule has 1 fully saturated rings. The molecule has 1 aliphatic carbocycles. The zero-order valence-electron chi connectivity index (χ0n) is 11.6. The van der Waals surface area contributed by atoms with Gasteiger partial charge in [0.05, 0.1) is 0 Å². The van der Waals surface area contributed by atoms with Gasteiger partial charge in [-0.05, 0) is 56.8 Å². The first kappa shape index (κ1) is 13.4. The number of rotatable bonds is 5. The Hall–Kier alpha value is -1.62. The Morgan fingerprint density at radius 2 is 2.10 bits per heavy atom. The second kappa shape index (κ2) is 5.79. The van der Waals surface area contributed by atoms with Crippen molar-refractivity contribution >= 4 is 5.97 Å². The second-order valence-corrected chi connectivity index (χ2v) is 5.50. The second-order valence-electron chi connectivity index (χ2n) is 5.50. The quantitative estimate of drug-likeness (QED) is 0.887. The number of pyridine rings is 1. The van der Waals surface area contributed by atoms with Crippen LogP contribution in [-0.4, -0.2) is 47.2 Å². The first-order valence-corrected chi connectivity index (χ1v) is 7.35. The number of aryl methyl sites for hydroxylation is 2. The van der Waals surface area contributed by atoms with Crippen LogP contribution in [0.1, 0.15) is 40.9 Å². The maximum atomic E-state index is 11.3. The summed E-state index contributed by atoms with van der Waals surface area (Å²) in [4.78, 5) is 18.1. The Morgan fingerprint density at radius 3 is 2.85 bits per heavy atom. The summed E-state index contributed by atoms with van der Waals surface area (Å²) < 4.78 is 5.65. The zero-order chi connectivity index (χ0) is 13.9. The van der Waals surface area contributed by atoms with Gasteiger partial charge in [0.2, 0.25) is 5.88 Å². The van der Waals surface area contributed by atoms with Crippen LogP contribution in [-0.2, 0) is 12.8 Å². The molecule has 1 aromatic rings. The molecule has 5 heteroatoms. The zero-order valence-corrected chi connectivity index (χ0v) is 11.6. The van der Waals surface area contributed by atoms with E-state index in [0.29, 0.717) is 6.61 Å². The van der Waals surface area contributed by atoms with Gasteiger partial charge in [0.1, 0.15) is 12.2 Å². The van der Waals surface area contributed by atoms with Crippen molar-refractivity contribution in [2.24, 2.45) is 0 Å². The predicted octanol–water partition coefficient (Wildman–Crippen LogP) is 1.74. The number of aromatic nitrogens is 1. The third kappa shape index (κ3) is 2.77. The number of fused-ring (bicyclic) bond motifs is 1. The van der Waals surface area contributed by atoms with Crippen molar-refractivity contribution in [2.45, 2.75) is 32.1 Å². The fourth-order valence-electron chi connectivity index (χ4n) is 2.99. The molecule has 108 valence electrons. The highest BCUT2D eigenvalue weighted by Gasteiger charge is 2.21. The smallest absolute Gasteiger partial charge is 0.341 e. The van der Waals surface area contributed by atoms with Crippen molar-refractivity contribution in [3.8, 4) is 5.88 Å². The highest BCUT2D eigenvalue weighted by atomic mass is 16.5. The molecule has 1 aromatic heterocycles. The van der Waals surface area contributed by atoms with Crippen LogP contribution in [0.5, 0.6) is 5.88 Å². The highest BCUT2D eigenvalue weighted by Crippen LogP contribution is 2.26. The van der Waals surface area contributed by atoms with E-state index in [0.717, 1.165) is 50.2 Å². The number of likely N-dealkylation sites (tertiary alicyclic amines) is 1. The van der Waals surface area contributed by atoms with Crippen LogP contribution >= 0.6 is 0 Å². The molecule has 20 heavy (non-hydrogen) atoms. The highest BCUT2D eigenvalue weighted by molar-refractivity contribution is 5.90. The molecule has 2 heterocycles. The van der Waals surface area contributed by atoms with E-state index in [1.165, 1.54) is 12.8 Å². The number of hydrogen-bond acceptors (Lipinski definition) is 4. The van der Waals surface area contributed by atoms with Crippen LogP contribution in [0.25, 0.3) is 0 Å². The predicted molar refractivity (Wildman–Crippen MR) is 74.4 cm³/mol. The van der Waals surface area contributed by atoms with Gasteiger partial charge in [-0.25, -0.2) is 9.78 Å². The molecule has 0 radical (unpaired) electrons. The Balaban J connectivity index is 1.69. The molecule has 0 saturated carbocycles. The SMILES string of the molecule is O=C(O)c1cc2c(nc1OCCN1CCCC1)CCC2. The summed E-state index contributed by atoms with van der Waals surface area (Å²) in [6, 6.07) is 1.74. The third-order valence-corrected chi connectivity index (χ3v) is 4.09. The molecule has 0 amide bonds. The number of carbonyl (C=O) groups is 1. The Bertz CT molecular complexity index is 510. The molecule has 0 bridgehead atoms. The van der Waals surface area contributed by atoms with Crippen molar-refractivity contribution in [2.75, 3.05) is 26.2 Å². The maximum absolute atomic E-state index is 11.3. The Kier molecular flexibility index (Phi) is 3.87. The minimum Gasteiger partial charge on any atom is -0.477 e. The number of aromatic carboxylic acids is 1. The third-order valence-electron chi connectivity index (χ3n) is 4.09. The van der Waals surface area contributed by atoms with Crippen molar-refractivity contribution in [1.82, 2.24) is 9.88 Å². The number of hydrogen-bond donors (Lipinski definition) is 1. The van der Waals surface area contributed by atoms with Crippen LogP contribution in [0.15, 0.2) is 6.07 Å². The molecule has 3 rings (SSSR count). The maximum Gasteiger partial charge on any atom is 0.341 e. The molecule has 0 spiro atoms. The average molecular weight is 276 g/mol. The molecule has 1 saturated heterocycles. The lowest BCUT2D eigenvalue weighted by Gasteiger charge is -2.15. The number of carboxylic acid groups (broad SMARTS) is 1. The summed E-state index contributed by atoms with van der Waals surface area (Å²) in [5, 5.41) is 9.28. The normalized spacial score (nSPS) is 18.2. The largest absolute Gasteiger partial charge is 0.477 e. The van der Waals surface area contributed by atoms with Gasteiger partial charge in [-0.3, -0.25) is 4.90 Å². The summed E-state index contributed by atoms with van der Waals surface area (Å²) in [5.41, 5.74) is 2.27. The van der Waals surface area contributed by atoms with Gasteiger partial charge in [0.15, 0.2) is 0 Å². The Labute approximate surface area is 118 Å². The van der Waals surface area contributed by atoms with E-state index < -0.39 is 5.97 Å². The first-order chi connectivity index (χ1) is 9.74. The molecular weight excluding hydrogens is 256 g/mol. The van der Waals surface area contributed by atoms with Gasteiger partial charge in [-0.1, -0.05) is 0 Å². The van der Waals surface area contributed by atoms with Crippen LogP contribution < -0.4 is 4.74 Å². The molecular formula is C15H20N2O3. The molecule has 0 aromatic carbocycles. The van der Waals surface area contributed by atoms with Crippen LogP contribution in [0.4, 0.5) is 0 Å². The van der Waals surface area contributed by atoms with Gasteiger partial charge < -0.3 is 9.84 Å². The first-order valence-electron chi connectivity index (χ1n) is 7.35. The van der Waals surface area contributed by atoms with Gasteiger partial charge in [0.25, 0.3) is 0 Å². The van der Waals surface area contributed by atoms with E-state index in [9.17, 15) is 9.90 Å². The number of nitrogens with zero attached hydrogens (tertiary/aromatic N) is 2. The summed E-state index contributed by atoms with van der Waals surface area (Å²) in [5.74, 6) is -0.666. The minimum atomic E-state index is -0.955. The van der Waals surface area contributed by atoms with Crippen LogP contribution in [0.3, 0.4) is 0 Å². The lowest BCUT2D eigenvalue weighted by atomic mass is 10.1. The molecule has 0 atom stereocenters. The number of carboxylic acids is 1. The topological polar surface area (TPSA) is 62.7 Å². The van der Waals surface area contributed by atoms with Crippen molar-refractivity contribution in [1.29, 1.82) is 0 Å². The van der Waals surface area contributed by atoms with Gasteiger partial charge in [0, 0.05) is 12.2 Å². The molecule has 0 unspecified atom stereocenters. The average Bonchev–Trinajstić information content (AvgIpc) is 3.07. The fourth-order valence-corrected chi connectivity index (χ4v) is 2.99. The van der Waals surface area contributed by atoms with E-state index in [2.05, 4.69) is 9.88 Å². The Morgan fingerprint density at radius 1 is 1.30 bits per heavy atom. The monoisotopic (exact) mass is 276 g/mol. The van der Waals surface area contributed by atoms with Gasteiger partial charge in [-0.2, -0.15) is 0 Å². The lowest BCUT2D eigenvalue weighted by Crippen LogP contribution is -2.25. The van der Waals surface area contributed by atoms with E-state index in [-0.39, 0.29) is 11.4 Å². The summed E-state index contributed by atoms with van der Waals surface area (Å²) in [6.07, 6.45) is 5.40. The minimum absolute atomic E-state index is 0.201. The van der Waals surface area contributed by atoms with E-state index >= 15 is 0 Å². The van der Waals surface area contributed by atoms with Crippen molar-refractivity contribution in [3.05, 3.63) is 22.9 Å². The molecule has 5 nitrogen and oxygen atoms in total. The number of ether oxygens (including phenoxy) is 1. The summed E-state index contributed by atoms with van der Waals surface area (Å²) >= 11 is 0. The lowest BCUT2D eigenvalue weighted by molar-refractivity contribution is 0.0690. The molecule has 1 N–H and O–H groups in total. The van der Waals surface area contributed by atoms with Crippen LogP contribution in [0, 0.1) is 0 Å². The standard InChI is InChI=1S/C15H20N2O3/c18-15(19)12-10-11-4-3-5-13(11)16-14(12)20-9-8-17-6-1-2-7-17/h10H,1-9H2,(H,18,19). The molecule has 1 aliphatic heterocycles. The summed E-state index contributed by atoms with van der Waals surface area (Å²) in [7, 11) is 0. The van der Waals surface area contributed by atoms with Crippen LogP contribution in [0.2, 0.25) is 0 Å². The molecule has 2 aliphatic rings. The van der Waals surface area contributed by atoms with E-state index in [1.807, 2.05) is 0 Å². The van der Waals surface area contributed by atoms with E-state index in [4.69, 9.17) is 4.74 Å².